The van der Waals surface area contributed by atoms with Gasteiger partial charge in [-0.15, -0.1) is 0 Å². The van der Waals surface area contributed by atoms with Gasteiger partial charge in [-0.1, -0.05) is 36.4 Å². The highest BCUT2D eigenvalue weighted by molar-refractivity contribution is 5.93. The maximum Gasteiger partial charge on any atom is 0.0994 e. The van der Waals surface area contributed by atoms with Gasteiger partial charge in [0.25, 0.3) is 0 Å². The molecule has 1 aliphatic rings. The van der Waals surface area contributed by atoms with E-state index >= 15 is 0 Å². The van der Waals surface area contributed by atoms with Crippen molar-refractivity contribution in [2.24, 2.45) is 0 Å². The number of allylic oxidation sites excluding steroid dienone is 1. The minimum absolute atomic E-state index is 0.311. The smallest absolute Gasteiger partial charge is 0.0994 e. The maximum atomic E-state index is 9.25. The van der Waals surface area contributed by atoms with Gasteiger partial charge in [-0.3, -0.25) is 0 Å². The van der Waals surface area contributed by atoms with E-state index < -0.39 is 0 Å². The lowest BCUT2D eigenvalue weighted by Crippen LogP contribution is -1.99. The number of nitrogens with zero attached hydrogens (tertiary/aromatic N) is 1. The molecule has 1 heteroatoms. The fourth-order valence-electron chi connectivity index (χ4n) is 2.86. The van der Waals surface area contributed by atoms with Crippen molar-refractivity contribution in [3.05, 3.63) is 59.2 Å². The summed E-state index contributed by atoms with van der Waals surface area (Å²) in [6.07, 6.45) is 0.987. The molecule has 0 saturated carbocycles. The van der Waals surface area contributed by atoms with Crippen LogP contribution in [0, 0.1) is 11.3 Å². The first-order valence-electron chi connectivity index (χ1n) is 5.82. The number of hydrogen-bond donors (Lipinski definition) is 0. The van der Waals surface area contributed by atoms with E-state index in [2.05, 4.69) is 37.8 Å². The first-order chi connectivity index (χ1) is 8.22. The predicted molar refractivity (Wildman–Crippen MR) is 69.9 cm³/mol. The third kappa shape index (κ3) is 1.31. The maximum absolute atomic E-state index is 9.25. The van der Waals surface area contributed by atoms with Crippen LogP contribution in [0.2, 0.25) is 0 Å². The lowest BCUT2D eigenvalue weighted by atomic mass is 9.90. The number of nitriles is 1. The summed E-state index contributed by atoms with van der Waals surface area (Å²) in [5, 5.41) is 11.8. The van der Waals surface area contributed by atoms with Gasteiger partial charge in [0.15, 0.2) is 0 Å². The highest BCUT2D eigenvalue weighted by atomic mass is 14.3. The second kappa shape index (κ2) is 3.46. The molecule has 82 valence electrons. The van der Waals surface area contributed by atoms with Crippen molar-refractivity contribution < 1.29 is 0 Å². The lowest BCUT2D eigenvalue weighted by Gasteiger charge is -2.12. The second-order valence-corrected chi connectivity index (χ2v) is 4.76. The van der Waals surface area contributed by atoms with Gasteiger partial charge in [0.1, 0.15) is 0 Å². The van der Waals surface area contributed by atoms with Crippen molar-refractivity contribution in [3.8, 4) is 6.07 Å². The summed E-state index contributed by atoms with van der Waals surface area (Å²) >= 11 is 0. The molecule has 0 aliphatic heterocycles. The second-order valence-electron chi connectivity index (χ2n) is 4.76. The zero-order valence-electron chi connectivity index (χ0n) is 9.83. The van der Waals surface area contributed by atoms with Crippen molar-refractivity contribution in [2.75, 3.05) is 0 Å². The molecular weight excluding hydrogens is 206 g/mol. The van der Waals surface area contributed by atoms with E-state index in [1.165, 1.54) is 21.9 Å². The average molecular weight is 219 g/mol. The van der Waals surface area contributed by atoms with Gasteiger partial charge in [-0.25, -0.2) is 0 Å². The Morgan fingerprint density at radius 3 is 2.88 bits per heavy atom. The van der Waals surface area contributed by atoms with Crippen LogP contribution in [0.25, 0.3) is 10.8 Å². The van der Waals surface area contributed by atoms with Crippen molar-refractivity contribution >= 4 is 10.8 Å². The summed E-state index contributed by atoms with van der Waals surface area (Å²) in [5.74, 6) is 0.311. The summed E-state index contributed by atoms with van der Waals surface area (Å²) in [5.41, 5.74) is 4.48. The standard InChI is InChI=1S/C16H13N/c1-10(2)14-8-12-5-3-4-11-6-7-13(9-17)16(14)15(11)12/h3-7,14H,1,8H2,2H3/t14-/m1/s1. The van der Waals surface area contributed by atoms with Gasteiger partial charge in [0.05, 0.1) is 11.6 Å². The Kier molecular flexibility index (Phi) is 2.06. The van der Waals surface area contributed by atoms with E-state index in [1.54, 1.807) is 0 Å². The Bertz CT molecular complexity index is 674. The highest BCUT2D eigenvalue weighted by Gasteiger charge is 2.27. The highest BCUT2D eigenvalue weighted by Crippen LogP contribution is 2.43. The van der Waals surface area contributed by atoms with Crippen LogP contribution in [0.4, 0.5) is 0 Å². The molecule has 0 spiro atoms. The molecule has 0 N–H and O–H groups in total. The molecule has 2 aromatic rings. The molecule has 1 aliphatic carbocycles. The quantitative estimate of drug-likeness (QED) is 0.667. The Morgan fingerprint density at radius 2 is 2.18 bits per heavy atom. The molecule has 3 rings (SSSR count). The molecule has 0 heterocycles. The van der Waals surface area contributed by atoms with Crippen molar-refractivity contribution in [1.82, 2.24) is 0 Å². The van der Waals surface area contributed by atoms with Gasteiger partial charge in [-0.05, 0) is 41.3 Å². The van der Waals surface area contributed by atoms with Crippen LogP contribution in [0.3, 0.4) is 0 Å². The molecule has 1 nitrogen and oxygen atoms in total. The summed E-state index contributed by atoms with van der Waals surface area (Å²) in [6.45, 7) is 6.13. The van der Waals surface area contributed by atoms with E-state index in [4.69, 9.17) is 0 Å². The summed E-state index contributed by atoms with van der Waals surface area (Å²) < 4.78 is 0. The van der Waals surface area contributed by atoms with Crippen LogP contribution in [0.15, 0.2) is 42.5 Å². The van der Waals surface area contributed by atoms with Crippen molar-refractivity contribution in [2.45, 2.75) is 19.3 Å². The molecular formula is C16H13N. The van der Waals surface area contributed by atoms with Gasteiger partial charge >= 0.3 is 0 Å². The molecule has 0 fully saturated rings. The number of benzene rings is 2. The molecule has 0 bridgehead atoms. The zero-order valence-corrected chi connectivity index (χ0v) is 9.83. The topological polar surface area (TPSA) is 23.8 Å². The Morgan fingerprint density at radius 1 is 1.35 bits per heavy atom. The molecule has 1 atom stereocenters. The van der Waals surface area contributed by atoms with Crippen LogP contribution in [0.1, 0.15) is 29.5 Å². The summed E-state index contributed by atoms with van der Waals surface area (Å²) in [7, 11) is 0. The number of hydrogen-bond acceptors (Lipinski definition) is 1. The first-order valence-corrected chi connectivity index (χ1v) is 5.82. The van der Waals surface area contributed by atoms with E-state index in [0.717, 1.165) is 17.6 Å². The predicted octanol–water partition coefficient (Wildman–Crippen LogP) is 3.93. The SMILES string of the molecule is C=C(C)[C@H]1Cc2cccc3ccc(C#N)c1c23. The van der Waals surface area contributed by atoms with E-state index in [-0.39, 0.29) is 0 Å². The van der Waals surface area contributed by atoms with Crippen LogP contribution in [-0.2, 0) is 6.42 Å². The molecule has 0 saturated heterocycles. The van der Waals surface area contributed by atoms with E-state index in [1.807, 2.05) is 12.1 Å². The fourth-order valence-corrected chi connectivity index (χ4v) is 2.86. The minimum atomic E-state index is 0.311. The monoisotopic (exact) mass is 219 g/mol. The molecule has 0 radical (unpaired) electrons. The van der Waals surface area contributed by atoms with Crippen LogP contribution in [-0.4, -0.2) is 0 Å². The summed E-state index contributed by atoms with van der Waals surface area (Å²) in [6, 6.07) is 12.7. The Hall–Kier alpha value is -2.07. The first kappa shape index (κ1) is 10.1. The van der Waals surface area contributed by atoms with Crippen molar-refractivity contribution in [3.63, 3.8) is 0 Å². The third-order valence-corrected chi connectivity index (χ3v) is 3.66. The van der Waals surface area contributed by atoms with Crippen molar-refractivity contribution in [1.29, 1.82) is 5.26 Å². The largest absolute Gasteiger partial charge is 0.192 e. The zero-order chi connectivity index (χ0) is 12.0. The van der Waals surface area contributed by atoms with E-state index in [9.17, 15) is 5.26 Å². The van der Waals surface area contributed by atoms with Gasteiger partial charge in [0, 0.05) is 5.92 Å². The van der Waals surface area contributed by atoms with Crippen LogP contribution < -0.4 is 0 Å². The third-order valence-electron chi connectivity index (χ3n) is 3.66. The minimum Gasteiger partial charge on any atom is -0.192 e. The van der Waals surface area contributed by atoms with Gasteiger partial charge in [-0.2, -0.15) is 5.26 Å². The molecule has 0 unspecified atom stereocenters. The van der Waals surface area contributed by atoms with E-state index in [0.29, 0.717) is 5.92 Å². The van der Waals surface area contributed by atoms with Gasteiger partial charge in [0.2, 0.25) is 0 Å². The van der Waals surface area contributed by atoms with Gasteiger partial charge < -0.3 is 0 Å². The molecule has 0 aromatic heterocycles. The lowest BCUT2D eigenvalue weighted by molar-refractivity contribution is 0.827. The average Bonchev–Trinajstić information content (AvgIpc) is 2.72. The fraction of sp³-hybridized carbons (Fsp3) is 0.188. The number of rotatable bonds is 1. The Labute approximate surface area is 101 Å². The van der Waals surface area contributed by atoms with Crippen LogP contribution >= 0.6 is 0 Å². The molecule has 0 amide bonds. The molecule has 17 heavy (non-hydrogen) atoms. The normalized spacial score (nSPS) is 17.1. The Balaban J connectivity index is 2.43. The summed E-state index contributed by atoms with van der Waals surface area (Å²) in [4.78, 5) is 0. The molecule has 2 aromatic carbocycles. The van der Waals surface area contributed by atoms with Crippen LogP contribution in [0.5, 0.6) is 0 Å².